The monoisotopic (exact) mass is 465 g/mol. The topological polar surface area (TPSA) is 81.9 Å². The van der Waals surface area contributed by atoms with Crippen LogP contribution in [0.2, 0.25) is 0 Å². The summed E-state index contributed by atoms with van der Waals surface area (Å²) >= 11 is 6.89. The van der Waals surface area contributed by atoms with E-state index in [-0.39, 0.29) is 12.5 Å². The molecule has 3 aromatic rings. The fourth-order valence-electron chi connectivity index (χ4n) is 2.12. The van der Waals surface area contributed by atoms with Crippen molar-refractivity contribution in [2.45, 2.75) is 6.92 Å². The van der Waals surface area contributed by atoms with E-state index in [9.17, 15) is 4.79 Å². The number of ether oxygens (including phenoxy) is 1. The molecular formula is C16H13Br2N5O2. The summed E-state index contributed by atoms with van der Waals surface area (Å²) in [6, 6.07) is 11.0. The van der Waals surface area contributed by atoms with Gasteiger partial charge in [-0.2, -0.15) is 0 Å². The average Bonchev–Trinajstić information content (AvgIpc) is 3.11. The number of hydrogen-bond donors (Lipinski definition) is 1. The number of anilines is 1. The number of aromatic nitrogens is 4. The maximum absolute atomic E-state index is 12.1. The van der Waals surface area contributed by atoms with Crippen molar-refractivity contribution in [3.05, 3.63) is 57.2 Å². The largest absolute Gasteiger partial charge is 0.484 e. The second-order valence-corrected chi connectivity index (χ2v) is 6.90. The molecule has 0 aliphatic heterocycles. The van der Waals surface area contributed by atoms with Crippen molar-refractivity contribution in [3.63, 3.8) is 0 Å². The minimum absolute atomic E-state index is 0.100. The second kappa shape index (κ2) is 7.75. The summed E-state index contributed by atoms with van der Waals surface area (Å²) in [5.74, 6) is 0.323. The number of tetrazole rings is 1. The van der Waals surface area contributed by atoms with Crippen molar-refractivity contribution < 1.29 is 9.53 Å². The standard InChI is InChI=1S/C16H13Br2N5O2/c1-10-6-13(17)16(14(18)7-10)20-15(24)8-25-12-4-2-11(3-5-12)23-9-19-21-22-23/h2-7,9H,8H2,1H3,(H,20,24). The lowest BCUT2D eigenvalue weighted by Gasteiger charge is -2.11. The van der Waals surface area contributed by atoms with Gasteiger partial charge in [0, 0.05) is 8.95 Å². The Morgan fingerprint density at radius 2 is 1.88 bits per heavy atom. The van der Waals surface area contributed by atoms with Gasteiger partial charge in [-0.05, 0) is 91.2 Å². The Bertz CT molecular complexity index is 859. The number of carbonyl (C=O) groups is 1. The molecule has 25 heavy (non-hydrogen) atoms. The van der Waals surface area contributed by atoms with E-state index in [2.05, 4.69) is 52.7 Å². The van der Waals surface area contributed by atoms with Gasteiger partial charge in [-0.25, -0.2) is 4.68 Å². The van der Waals surface area contributed by atoms with Gasteiger partial charge in [0.15, 0.2) is 6.61 Å². The number of amides is 1. The molecule has 3 rings (SSSR count). The maximum atomic E-state index is 12.1. The predicted octanol–water partition coefficient (Wildman–Crippen LogP) is 3.51. The fraction of sp³-hybridized carbons (Fsp3) is 0.125. The van der Waals surface area contributed by atoms with E-state index in [1.54, 1.807) is 24.3 Å². The molecule has 0 fully saturated rings. The van der Waals surface area contributed by atoms with Crippen LogP contribution >= 0.6 is 31.9 Å². The first-order valence-electron chi connectivity index (χ1n) is 7.24. The lowest BCUT2D eigenvalue weighted by molar-refractivity contribution is -0.118. The highest BCUT2D eigenvalue weighted by Crippen LogP contribution is 2.32. The van der Waals surface area contributed by atoms with Crippen LogP contribution in [0.15, 0.2) is 51.7 Å². The molecule has 1 N–H and O–H groups in total. The molecule has 0 saturated heterocycles. The normalized spacial score (nSPS) is 10.5. The molecular weight excluding hydrogens is 454 g/mol. The summed E-state index contributed by atoms with van der Waals surface area (Å²) < 4.78 is 8.65. The molecule has 9 heteroatoms. The van der Waals surface area contributed by atoms with E-state index in [0.29, 0.717) is 11.4 Å². The first kappa shape index (κ1) is 17.6. The summed E-state index contributed by atoms with van der Waals surface area (Å²) in [5.41, 5.74) is 2.55. The van der Waals surface area contributed by atoms with Crippen LogP contribution in [0.25, 0.3) is 5.69 Å². The number of carbonyl (C=O) groups excluding carboxylic acids is 1. The van der Waals surface area contributed by atoms with E-state index >= 15 is 0 Å². The molecule has 1 heterocycles. The molecule has 0 unspecified atom stereocenters. The molecule has 0 bridgehead atoms. The van der Waals surface area contributed by atoms with Gasteiger partial charge in [0.2, 0.25) is 0 Å². The smallest absolute Gasteiger partial charge is 0.262 e. The van der Waals surface area contributed by atoms with Crippen LogP contribution in [0.4, 0.5) is 5.69 Å². The van der Waals surface area contributed by atoms with Crippen LogP contribution in [-0.2, 0) is 4.79 Å². The second-order valence-electron chi connectivity index (χ2n) is 5.19. The predicted molar refractivity (Wildman–Crippen MR) is 99.9 cm³/mol. The number of benzene rings is 2. The maximum Gasteiger partial charge on any atom is 0.262 e. The highest BCUT2D eigenvalue weighted by atomic mass is 79.9. The van der Waals surface area contributed by atoms with Crippen LogP contribution in [0.3, 0.4) is 0 Å². The number of halogens is 2. The number of rotatable bonds is 5. The van der Waals surface area contributed by atoms with Gasteiger partial charge in [0.1, 0.15) is 12.1 Å². The van der Waals surface area contributed by atoms with Crippen molar-refractivity contribution in [1.82, 2.24) is 20.2 Å². The van der Waals surface area contributed by atoms with Crippen molar-refractivity contribution >= 4 is 43.5 Å². The van der Waals surface area contributed by atoms with Gasteiger partial charge in [0.25, 0.3) is 5.91 Å². The summed E-state index contributed by atoms with van der Waals surface area (Å²) in [4.78, 5) is 12.1. The number of nitrogens with one attached hydrogen (secondary N) is 1. The van der Waals surface area contributed by atoms with Crippen LogP contribution < -0.4 is 10.1 Å². The van der Waals surface area contributed by atoms with Crippen molar-refractivity contribution in [3.8, 4) is 11.4 Å². The summed E-state index contributed by atoms with van der Waals surface area (Å²) in [6.07, 6.45) is 1.50. The Kier molecular flexibility index (Phi) is 5.44. The Morgan fingerprint density at radius 1 is 1.20 bits per heavy atom. The van der Waals surface area contributed by atoms with Crippen LogP contribution in [0.1, 0.15) is 5.56 Å². The quantitative estimate of drug-likeness (QED) is 0.622. The Hall–Kier alpha value is -2.26. The highest BCUT2D eigenvalue weighted by molar-refractivity contribution is 9.11. The van der Waals surface area contributed by atoms with E-state index in [0.717, 1.165) is 20.2 Å². The zero-order valence-electron chi connectivity index (χ0n) is 13.1. The third-order valence-corrected chi connectivity index (χ3v) is 4.52. The van der Waals surface area contributed by atoms with E-state index < -0.39 is 0 Å². The molecule has 1 amide bonds. The lowest BCUT2D eigenvalue weighted by Crippen LogP contribution is -2.20. The van der Waals surface area contributed by atoms with Crippen molar-refractivity contribution in [2.75, 3.05) is 11.9 Å². The van der Waals surface area contributed by atoms with Crippen LogP contribution in [-0.4, -0.2) is 32.7 Å². The number of aryl methyl sites for hydroxylation is 1. The molecule has 0 atom stereocenters. The molecule has 128 valence electrons. The van der Waals surface area contributed by atoms with Gasteiger partial charge >= 0.3 is 0 Å². The van der Waals surface area contributed by atoms with E-state index in [4.69, 9.17) is 4.74 Å². The van der Waals surface area contributed by atoms with Crippen LogP contribution in [0, 0.1) is 6.92 Å². The van der Waals surface area contributed by atoms with Gasteiger partial charge < -0.3 is 10.1 Å². The Labute approximate surface area is 160 Å². The van der Waals surface area contributed by atoms with Crippen molar-refractivity contribution in [1.29, 1.82) is 0 Å². The minimum atomic E-state index is -0.255. The first-order valence-corrected chi connectivity index (χ1v) is 8.83. The molecule has 0 spiro atoms. The van der Waals surface area contributed by atoms with E-state index in [1.165, 1.54) is 11.0 Å². The van der Waals surface area contributed by atoms with Gasteiger partial charge in [-0.3, -0.25) is 4.79 Å². The van der Waals surface area contributed by atoms with Gasteiger partial charge in [-0.15, -0.1) is 5.10 Å². The third kappa shape index (κ3) is 4.43. The number of nitrogens with zero attached hydrogens (tertiary/aromatic N) is 4. The third-order valence-electron chi connectivity index (χ3n) is 3.27. The zero-order chi connectivity index (χ0) is 17.8. The Morgan fingerprint density at radius 3 is 2.48 bits per heavy atom. The van der Waals surface area contributed by atoms with Gasteiger partial charge in [-0.1, -0.05) is 0 Å². The molecule has 1 aromatic heterocycles. The molecule has 0 saturated carbocycles. The minimum Gasteiger partial charge on any atom is -0.484 e. The summed E-state index contributed by atoms with van der Waals surface area (Å²) in [7, 11) is 0. The SMILES string of the molecule is Cc1cc(Br)c(NC(=O)COc2ccc(-n3cnnn3)cc2)c(Br)c1. The molecule has 0 aliphatic rings. The van der Waals surface area contributed by atoms with E-state index in [1.807, 2.05) is 19.1 Å². The molecule has 0 aliphatic carbocycles. The Balaban J connectivity index is 1.59. The van der Waals surface area contributed by atoms with Gasteiger partial charge in [0.05, 0.1) is 11.4 Å². The molecule has 7 nitrogen and oxygen atoms in total. The molecule has 0 radical (unpaired) electrons. The molecule has 2 aromatic carbocycles. The summed E-state index contributed by atoms with van der Waals surface area (Å²) in [6.45, 7) is 1.88. The zero-order valence-corrected chi connectivity index (χ0v) is 16.3. The highest BCUT2D eigenvalue weighted by Gasteiger charge is 2.11. The van der Waals surface area contributed by atoms with Crippen LogP contribution in [0.5, 0.6) is 5.75 Å². The fourth-order valence-corrected chi connectivity index (χ4v) is 3.73. The lowest BCUT2D eigenvalue weighted by atomic mass is 10.2. The van der Waals surface area contributed by atoms with Crippen molar-refractivity contribution in [2.24, 2.45) is 0 Å². The summed E-state index contributed by atoms with van der Waals surface area (Å²) in [5, 5.41) is 13.8. The number of hydrogen-bond acceptors (Lipinski definition) is 5. The average molecular weight is 467 g/mol. The first-order chi connectivity index (χ1) is 12.0.